The van der Waals surface area contributed by atoms with Gasteiger partial charge in [0.1, 0.15) is 5.82 Å². The SMILES string of the molecule is CCc1ccccc1-c1nc2ccc(CN)cc2n1C. The van der Waals surface area contributed by atoms with E-state index in [1.807, 2.05) is 6.07 Å². The van der Waals surface area contributed by atoms with Crippen LogP contribution in [-0.2, 0) is 20.0 Å². The summed E-state index contributed by atoms with van der Waals surface area (Å²) in [5.41, 5.74) is 11.5. The second-order valence-corrected chi connectivity index (χ2v) is 5.03. The molecule has 3 nitrogen and oxygen atoms in total. The maximum absolute atomic E-state index is 5.72. The third-order valence-electron chi connectivity index (χ3n) is 3.82. The molecule has 20 heavy (non-hydrogen) atoms. The largest absolute Gasteiger partial charge is 0.327 e. The van der Waals surface area contributed by atoms with Crippen LogP contribution in [-0.4, -0.2) is 9.55 Å². The van der Waals surface area contributed by atoms with Gasteiger partial charge in [-0.1, -0.05) is 37.3 Å². The van der Waals surface area contributed by atoms with E-state index in [9.17, 15) is 0 Å². The lowest BCUT2D eigenvalue weighted by Crippen LogP contribution is -1.98. The third kappa shape index (κ3) is 2.00. The van der Waals surface area contributed by atoms with Crippen LogP contribution in [0, 0.1) is 0 Å². The van der Waals surface area contributed by atoms with Crippen molar-refractivity contribution in [3.8, 4) is 11.4 Å². The number of benzene rings is 2. The highest BCUT2D eigenvalue weighted by Gasteiger charge is 2.12. The Morgan fingerprint density at radius 2 is 1.95 bits per heavy atom. The summed E-state index contributed by atoms with van der Waals surface area (Å²) in [7, 11) is 2.07. The number of aryl methyl sites for hydroxylation is 2. The molecule has 0 spiro atoms. The number of rotatable bonds is 3. The van der Waals surface area contributed by atoms with Crippen molar-refractivity contribution >= 4 is 11.0 Å². The summed E-state index contributed by atoms with van der Waals surface area (Å²) < 4.78 is 2.16. The summed E-state index contributed by atoms with van der Waals surface area (Å²) in [6.45, 7) is 2.73. The van der Waals surface area contributed by atoms with Gasteiger partial charge in [-0.3, -0.25) is 0 Å². The number of aromatic nitrogens is 2. The van der Waals surface area contributed by atoms with Gasteiger partial charge in [-0.15, -0.1) is 0 Å². The van der Waals surface area contributed by atoms with Crippen LogP contribution in [0.15, 0.2) is 42.5 Å². The minimum atomic E-state index is 0.558. The lowest BCUT2D eigenvalue weighted by molar-refractivity contribution is 0.951. The molecule has 1 heterocycles. The molecule has 102 valence electrons. The Morgan fingerprint density at radius 1 is 1.15 bits per heavy atom. The molecule has 0 bridgehead atoms. The molecule has 0 amide bonds. The molecule has 0 saturated carbocycles. The summed E-state index contributed by atoms with van der Waals surface area (Å²) in [6, 6.07) is 14.7. The van der Waals surface area contributed by atoms with Crippen LogP contribution < -0.4 is 5.73 Å². The van der Waals surface area contributed by atoms with Gasteiger partial charge < -0.3 is 10.3 Å². The van der Waals surface area contributed by atoms with Gasteiger partial charge in [-0.05, 0) is 29.7 Å². The Balaban J connectivity index is 2.24. The Morgan fingerprint density at radius 3 is 2.70 bits per heavy atom. The van der Waals surface area contributed by atoms with Gasteiger partial charge in [0.25, 0.3) is 0 Å². The molecular formula is C17H19N3. The highest BCUT2D eigenvalue weighted by Crippen LogP contribution is 2.27. The van der Waals surface area contributed by atoms with Crippen molar-refractivity contribution in [1.29, 1.82) is 0 Å². The molecule has 3 aromatic rings. The Kier molecular flexibility index (Phi) is 3.28. The average Bonchev–Trinajstić information content (AvgIpc) is 2.83. The van der Waals surface area contributed by atoms with Crippen molar-refractivity contribution in [1.82, 2.24) is 9.55 Å². The Labute approximate surface area is 119 Å². The van der Waals surface area contributed by atoms with Crippen molar-refractivity contribution in [2.45, 2.75) is 19.9 Å². The molecule has 0 aliphatic carbocycles. The molecule has 3 rings (SSSR count). The fraction of sp³-hybridized carbons (Fsp3) is 0.235. The molecule has 2 N–H and O–H groups in total. The van der Waals surface area contributed by atoms with Gasteiger partial charge in [0, 0.05) is 19.2 Å². The van der Waals surface area contributed by atoms with Crippen LogP contribution in [0.4, 0.5) is 0 Å². The predicted octanol–water partition coefficient (Wildman–Crippen LogP) is 3.26. The monoisotopic (exact) mass is 265 g/mol. The highest BCUT2D eigenvalue weighted by molar-refractivity contribution is 5.81. The third-order valence-corrected chi connectivity index (χ3v) is 3.82. The van der Waals surface area contributed by atoms with Gasteiger partial charge in [-0.2, -0.15) is 0 Å². The van der Waals surface area contributed by atoms with E-state index in [1.165, 1.54) is 11.1 Å². The normalized spacial score (nSPS) is 11.2. The summed E-state index contributed by atoms with van der Waals surface area (Å²) in [5.74, 6) is 1.02. The van der Waals surface area contributed by atoms with Crippen molar-refractivity contribution in [3.05, 3.63) is 53.6 Å². The summed E-state index contributed by atoms with van der Waals surface area (Å²) in [5, 5.41) is 0. The van der Waals surface area contributed by atoms with Crippen LogP contribution in [0.2, 0.25) is 0 Å². The lowest BCUT2D eigenvalue weighted by atomic mass is 10.0. The maximum atomic E-state index is 5.72. The highest BCUT2D eigenvalue weighted by atomic mass is 15.1. The van der Waals surface area contributed by atoms with Gasteiger partial charge in [0.2, 0.25) is 0 Å². The first-order chi connectivity index (χ1) is 9.74. The van der Waals surface area contributed by atoms with E-state index in [0.29, 0.717) is 6.54 Å². The quantitative estimate of drug-likeness (QED) is 0.790. The zero-order valence-electron chi connectivity index (χ0n) is 11.9. The van der Waals surface area contributed by atoms with E-state index in [0.717, 1.165) is 28.8 Å². The number of nitrogens with two attached hydrogens (primary N) is 1. The van der Waals surface area contributed by atoms with Crippen molar-refractivity contribution in [2.24, 2.45) is 12.8 Å². The van der Waals surface area contributed by atoms with E-state index < -0.39 is 0 Å². The topological polar surface area (TPSA) is 43.8 Å². The fourth-order valence-corrected chi connectivity index (χ4v) is 2.65. The van der Waals surface area contributed by atoms with E-state index >= 15 is 0 Å². The minimum Gasteiger partial charge on any atom is -0.327 e. The first-order valence-corrected chi connectivity index (χ1v) is 6.98. The number of hydrogen-bond donors (Lipinski definition) is 1. The van der Waals surface area contributed by atoms with Gasteiger partial charge in [-0.25, -0.2) is 4.98 Å². The second kappa shape index (κ2) is 5.10. The number of nitrogens with zero attached hydrogens (tertiary/aromatic N) is 2. The molecule has 1 aromatic heterocycles. The minimum absolute atomic E-state index is 0.558. The Hall–Kier alpha value is -2.13. The predicted molar refractivity (Wildman–Crippen MR) is 83.4 cm³/mol. The van der Waals surface area contributed by atoms with Crippen molar-refractivity contribution < 1.29 is 0 Å². The van der Waals surface area contributed by atoms with Crippen molar-refractivity contribution in [3.63, 3.8) is 0 Å². The van der Waals surface area contributed by atoms with E-state index in [2.05, 4.69) is 54.9 Å². The van der Waals surface area contributed by atoms with Crippen LogP contribution in [0.3, 0.4) is 0 Å². The fourth-order valence-electron chi connectivity index (χ4n) is 2.65. The molecule has 2 aromatic carbocycles. The standard InChI is InChI=1S/C17H19N3/c1-3-13-6-4-5-7-14(13)17-19-15-9-8-12(11-18)10-16(15)20(17)2/h4-10H,3,11,18H2,1-2H3. The van der Waals surface area contributed by atoms with E-state index in [4.69, 9.17) is 10.7 Å². The molecule has 0 unspecified atom stereocenters. The summed E-state index contributed by atoms with van der Waals surface area (Å²) >= 11 is 0. The Bertz CT molecular complexity index is 756. The van der Waals surface area contributed by atoms with Gasteiger partial charge >= 0.3 is 0 Å². The molecule has 0 saturated heterocycles. The molecule has 0 radical (unpaired) electrons. The van der Waals surface area contributed by atoms with Crippen LogP contribution in [0.1, 0.15) is 18.1 Å². The lowest BCUT2D eigenvalue weighted by Gasteiger charge is -2.07. The van der Waals surface area contributed by atoms with Crippen LogP contribution in [0.5, 0.6) is 0 Å². The molecule has 0 fully saturated rings. The van der Waals surface area contributed by atoms with Crippen molar-refractivity contribution in [2.75, 3.05) is 0 Å². The molecular weight excluding hydrogens is 246 g/mol. The smallest absolute Gasteiger partial charge is 0.141 e. The zero-order valence-corrected chi connectivity index (χ0v) is 11.9. The average molecular weight is 265 g/mol. The second-order valence-electron chi connectivity index (χ2n) is 5.03. The van der Waals surface area contributed by atoms with E-state index in [1.54, 1.807) is 0 Å². The van der Waals surface area contributed by atoms with Crippen LogP contribution >= 0.6 is 0 Å². The number of hydrogen-bond acceptors (Lipinski definition) is 2. The van der Waals surface area contributed by atoms with Gasteiger partial charge in [0.15, 0.2) is 0 Å². The number of fused-ring (bicyclic) bond motifs is 1. The first-order valence-electron chi connectivity index (χ1n) is 6.98. The zero-order chi connectivity index (χ0) is 14.1. The van der Waals surface area contributed by atoms with Crippen LogP contribution in [0.25, 0.3) is 22.4 Å². The molecule has 0 aliphatic rings. The molecule has 0 atom stereocenters. The van der Waals surface area contributed by atoms with E-state index in [-0.39, 0.29) is 0 Å². The maximum Gasteiger partial charge on any atom is 0.141 e. The van der Waals surface area contributed by atoms with Gasteiger partial charge in [0.05, 0.1) is 11.0 Å². The summed E-state index contributed by atoms with van der Waals surface area (Å²) in [6.07, 6.45) is 1.01. The number of imidazole rings is 1. The molecule has 3 heteroatoms. The first kappa shape index (κ1) is 12.9. The molecule has 0 aliphatic heterocycles. The summed E-state index contributed by atoms with van der Waals surface area (Å²) in [4.78, 5) is 4.79.